The number of nitrogens with zero attached hydrogens (tertiary/aromatic N) is 4. The van der Waals surface area contributed by atoms with Crippen molar-refractivity contribution in [3.05, 3.63) is 30.3 Å². The molecule has 0 radical (unpaired) electrons. The number of nitrogens with one attached hydrogen (secondary N) is 1. The van der Waals surface area contributed by atoms with Gasteiger partial charge >= 0.3 is 6.03 Å². The first-order chi connectivity index (χ1) is 17.7. The van der Waals surface area contributed by atoms with Gasteiger partial charge in [0.25, 0.3) is 0 Å². The van der Waals surface area contributed by atoms with E-state index >= 15 is 0 Å². The van der Waals surface area contributed by atoms with Crippen molar-refractivity contribution in [1.29, 1.82) is 0 Å². The maximum absolute atomic E-state index is 13.5. The molecular formula is C27H41N5O2S2. The number of thioether (sulfide) groups is 1. The predicted molar refractivity (Wildman–Crippen MR) is 149 cm³/mol. The Labute approximate surface area is 223 Å². The van der Waals surface area contributed by atoms with Gasteiger partial charge in [0.2, 0.25) is 0 Å². The molecule has 2 unspecified atom stereocenters. The van der Waals surface area contributed by atoms with Gasteiger partial charge in [-0.3, -0.25) is 15.2 Å². The van der Waals surface area contributed by atoms with Crippen LogP contribution < -0.4 is 5.32 Å². The Balaban J connectivity index is 1.09. The van der Waals surface area contributed by atoms with E-state index in [0.717, 1.165) is 75.0 Å². The van der Waals surface area contributed by atoms with Gasteiger partial charge < -0.3 is 4.90 Å². The van der Waals surface area contributed by atoms with Gasteiger partial charge in [-0.1, -0.05) is 68.5 Å². The molecule has 0 aromatic heterocycles. The van der Waals surface area contributed by atoms with Crippen molar-refractivity contribution >= 4 is 33.9 Å². The van der Waals surface area contributed by atoms with E-state index in [1.165, 1.54) is 38.5 Å². The highest BCUT2D eigenvalue weighted by atomic mass is 32.2. The third-order valence-corrected chi connectivity index (χ3v) is 10.7. The number of hydrogen-bond donors (Lipinski definition) is 1. The first kappa shape index (κ1) is 26.2. The Morgan fingerprint density at radius 3 is 2.17 bits per heavy atom. The molecule has 4 aliphatic rings. The number of aliphatic imine (C=N–C) groups is 1. The number of carbonyl (C=O) groups is 1. The summed E-state index contributed by atoms with van der Waals surface area (Å²) in [4.78, 5) is 23.8. The topological polar surface area (TPSA) is 68.2 Å². The summed E-state index contributed by atoms with van der Waals surface area (Å²) in [5, 5.41) is 4.38. The molecule has 2 amide bonds. The van der Waals surface area contributed by atoms with Gasteiger partial charge in [0.05, 0.1) is 11.4 Å². The van der Waals surface area contributed by atoms with E-state index in [9.17, 15) is 9.00 Å². The molecular weight excluding hydrogens is 490 g/mol. The summed E-state index contributed by atoms with van der Waals surface area (Å²) in [7, 11) is -1.08. The van der Waals surface area contributed by atoms with E-state index in [4.69, 9.17) is 4.99 Å². The zero-order valence-corrected chi connectivity index (χ0v) is 23.0. The summed E-state index contributed by atoms with van der Waals surface area (Å²) in [6, 6.07) is 10.6. The molecule has 7 nitrogen and oxygen atoms in total. The van der Waals surface area contributed by atoms with Crippen LogP contribution in [0.15, 0.2) is 40.2 Å². The van der Waals surface area contributed by atoms with Crippen LogP contribution in [0.25, 0.3) is 0 Å². The number of carbonyl (C=O) groups excluding carboxylic acids is 1. The van der Waals surface area contributed by atoms with Crippen molar-refractivity contribution in [2.24, 2.45) is 4.99 Å². The van der Waals surface area contributed by atoms with Gasteiger partial charge in [-0.25, -0.2) is 13.3 Å². The molecule has 5 rings (SSSR count). The highest BCUT2D eigenvalue weighted by molar-refractivity contribution is 8.14. The quantitative estimate of drug-likeness (QED) is 0.588. The van der Waals surface area contributed by atoms with Crippen molar-refractivity contribution in [2.75, 3.05) is 39.3 Å². The van der Waals surface area contributed by atoms with Gasteiger partial charge in [-0.2, -0.15) is 0 Å². The van der Waals surface area contributed by atoms with E-state index in [1.807, 2.05) is 30.3 Å². The summed E-state index contributed by atoms with van der Waals surface area (Å²) in [6.07, 6.45) is 12.2. The molecule has 2 saturated carbocycles. The maximum atomic E-state index is 13.5. The number of hydrogen-bond acceptors (Lipinski definition) is 5. The third-order valence-electron chi connectivity index (χ3n) is 8.07. The summed E-state index contributed by atoms with van der Waals surface area (Å²) in [5.41, 5.74) is 0. The van der Waals surface area contributed by atoms with Crippen LogP contribution in [0.3, 0.4) is 0 Å². The van der Waals surface area contributed by atoms with Gasteiger partial charge in [0.15, 0.2) is 5.17 Å². The molecule has 36 heavy (non-hydrogen) atoms. The summed E-state index contributed by atoms with van der Waals surface area (Å²) < 4.78 is 14.9. The van der Waals surface area contributed by atoms with Gasteiger partial charge in [-0.05, 0) is 37.8 Å². The molecule has 198 valence electrons. The first-order valence-electron chi connectivity index (χ1n) is 13.9. The molecule has 2 atom stereocenters. The number of piperazine rings is 1. The smallest absolute Gasteiger partial charge is 0.319 e. The van der Waals surface area contributed by atoms with Gasteiger partial charge in [-0.15, -0.1) is 0 Å². The number of rotatable bonds is 6. The standard InChI is InChI=1S/C27H41N5O2S2/c33-27(32(22-10-4-1-5-11-22)23-12-6-2-7-13-23)29-26-28-20-24(35-26)21-30-16-18-31(19-17-30)36(34)25-14-8-3-9-15-25/h3,8-9,14-15,22-24H,1-2,4-7,10-13,16-21H2,(H,28,29,33). The fraction of sp³-hybridized carbons (Fsp3) is 0.704. The van der Waals surface area contributed by atoms with Crippen molar-refractivity contribution in [3.63, 3.8) is 0 Å². The van der Waals surface area contributed by atoms with Crippen LogP contribution in [0, 0.1) is 0 Å². The Morgan fingerprint density at radius 2 is 1.56 bits per heavy atom. The van der Waals surface area contributed by atoms with Crippen LogP contribution in [0.1, 0.15) is 64.2 Å². The number of amides is 2. The third kappa shape index (κ3) is 6.71. The SMILES string of the molecule is O=C(NC1=NCC(CN2CCN(S(=O)c3ccccc3)CC2)S1)N(C1CCCCC1)C1CCCCC1. The van der Waals surface area contributed by atoms with Crippen LogP contribution in [0.5, 0.6) is 0 Å². The lowest BCUT2D eigenvalue weighted by molar-refractivity contribution is 0.108. The first-order valence-corrected chi connectivity index (χ1v) is 15.9. The van der Waals surface area contributed by atoms with Crippen molar-refractivity contribution in [2.45, 2.75) is 86.4 Å². The number of benzene rings is 1. The minimum Gasteiger partial charge on any atom is -0.319 e. The van der Waals surface area contributed by atoms with Gasteiger partial charge in [0, 0.05) is 50.1 Å². The molecule has 0 spiro atoms. The van der Waals surface area contributed by atoms with Crippen LogP contribution >= 0.6 is 11.8 Å². The summed E-state index contributed by atoms with van der Waals surface area (Å²) >= 11 is 1.72. The van der Waals surface area contributed by atoms with Crippen LogP contribution in [0.4, 0.5) is 4.79 Å². The number of urea groups is 1. The molecule has 2 heterocycles. The van der Waals surface area contributed by atoms with E-state index in [2.05, 4.69) is 19.4 Å². The largest absolute Gasteiger partial charge is 0.323 e. The Morgan fingerprint density at radius 1 is 0.944 bits per heavy atom. The summed E-state index contributed by atoms with van der Waals surface area (Å²) in [6.45, 7) is 5.14. The average Bonchev–Trinajstić information content (AvgIpc) is 3.37. The summed E-state index contributed by atoms with van der Waals surface area (Å²) in [5.74, 6) is 0. The van der Waals surface area contributed by atoms with E-state index in [-0.39, 0.29) is 6.03 Å². The molecule has 0 bridgehead atoms. The highest BCUT2D eigenvalue weighted by Gasteiger charge is 2.34. The van der Waals surface area contributed by atoms with Gasteiger partial charge in [0.1, 0.15) is 11.0 Å². The molecule has 1 aromatic rings. The molecule has 1 N–H and O–H groups in total. The van der Waals surface area contributed by atoms with E-state index in [0.29, 0.717) is 17.3 Å². The molecule has 1 aromatic carbocycles. The second-order valence-corrected chi connectivity index (χ2v) is 13.4. The molecule has 2 aliphatic heterocycles. The second kappa shape index (κ2) is 12.9. The van der Waals surface area contributed by atoms with Crippen LogP contribution in [-0.2, 0) is 11.0 Å². The Kier molecular flexibility index (Phi) is 9.38. The Hall–Kier alpha value is -1.42. The molecule has 3 fully saturated rings. The molecule has 1 saturated heterocycles. The fourth-order valence-electron chi connectivity index (χ4n) is 6.14. The maximum Gasteiger partial charge on any atom is 0.323 e. The lowest BCUT2D eigenvalue weighted by Crippen LogP contribution is -2.53. The monoisotopic (exact) mass is 531 g/mol. The van der Waals surface area contributed by atoms with Crippen LogP contribution in [-0.4, -0.2) is 86.1 Å². The number of amidine groups is 1. The highest BCUT2D eigenvalue weighted by Crippen LogP contribution is 2.31. The molecule has 2 aliphatic carbocycles. The lowest BCUT2D eigenvalue weighted by Gasteiger charge is -2.41. The zero-order valence-electron chi connectivity index (χ0n) is 21.4. The van der Waals surface area contributed by atoms with E-state index < -0.39 is 11.0 Å². The minimum atomic E-state index is -1.08. The average molecular weight is 532 g/mol. The molecule has 9 heteroatoms. The van der Waals surface area contributed by atoms with E-state index in [1.54, 1.807) is 11.8 Å². The van der Waals surface area contributed by atoms with Crippen molar-refractivity contribution < 1.29 is 9.00 Å². The predicted octanol–water partition coefficient (Wildman–Crippen LogP) is 4.48. The van der Waals surface area contributed by atoms with Crippen molar-refractivity contribution in [3.8, 4) is 0 Å². The fourth-order valence-corrected chi connectivity index (χ4v) is 8.37. The Bertz CT molecular complexity index is 892. The zero-order chi connectivity index (χ0) is 24.7. The lowest BCUT2D eigenvalue weighted by atomic mass is 9.89. The van der Waals surface area contributed by atoms with Crippen LogP contribution in [0.2, 0.25) is 0 Å². The minimum absolute atomic E-state index is 0.0812. The second-order valence-electron chi connectivity index (χ2n) is 10.6. The van der Waals surface area contributed by atoms with Crippen molar-refractivity contribution in [1.82, 2.24) is 19.4 Å². The normalized spacial score (nSPS) is 25.9.